The number of carbonyl (C=O) groups is 3. The first kappa shape index (κ1) is 25.9. The molecule has 6 heteroatoms. The predicted molar refractivity (Wildman–Crippen MR) is 146 cm³/mol. The summed E-state index contributed by atoms with van der Waals surface area (Å²) in [6, 6.07) is 28.7. The minimum atomic E-state index is -1.37. The van der Waals surface area contributed by atoms with Crippen molar-refractivity contribution < 1.29 is 19.1 Å². The third kappa shape index (κ3) is 5.41. The lowest BCUT2D eigenvalue weighted by Crippen LogP contribution is -2.64. The first-order chi connectivity index (χ1) is 18.5. The van der Waals surface area contributed by atoms with Crippen LogP contribution in [0.2, 0.25) is 0 Å². The Balaban J connectivity index is 1.38. The molecule has 0 aromatic heterocycles. The Morgan fingerprint density at radius 3 is 2.03 bits per heavy atom. The van der Waals surface area contributed by atoms with Crippen LogP contribution in [-0.4, -0.2) is 52.7 Å². The molecule has 2 fully saturated rings. The molecule has 2 saturated heterocycles. The third-order valence-electron chi connectivity index (χ3n) is 7.87. The maximum atomic E-state index is 13.8. The van der Waals surface area contributed by atoms with Crippen LogP contribution in [0.15, 0.2) is 84.9 Å². The van der Waals surface area contributed by atoms with Crippen molar-refractivity contribution in [2.24, 2.45) is 5.92 Å². The molecule has 1 amide bonds. The Kier molecular flexibility index (Phi) is 7.70. The van der Waals surface area contributed by atoms with E-state index in [9.17, 15) is 14.4 Å². The van der Waals surface area contributed by atoms with Crippen LogP contribution >= 0.6 is 0 Å². The number of piperidine rings is 2. The summed E-state index contributed by atoms with van der Waals surface area (Å²) in [6.07, 6.45) is 1.56. The molecule has 0 aliphatic carbocycles. The lowest BCUT2D eigenvalue weighted by Gasteiger charge is -2.52. The Labute approximate surface area is 224 Å². The summed E-state index contributed by atoms with van der Waals surface area (Å²) in [5.41, 5.74) is 3.85. The van der Waals surface area contributed by atoms with Crippen LogP contribution in [0.25, 0.3) is 11.1 Å². The number of esters is 1. The minimum absolute atomic E-state index is 0.135. The number of ether oxygens (including phenoxy) is 1. The quantitative estimate of drug-likeness (QED) is 0.335. The van der Waals surface area contributed by atoms with Gasteiger partial charge >= 0.3 is 5.97 Å². The van der Waals surface area contributed by atoms with Crippen molar-refractivity contribution in [1.29, 1.82) is 0 Å². The van der Waals surface area contributed by atoms with E-state index >= 15 is 0 Å². The number of carbonyl (C=O) groups excluding carboxylic acids is 3. The Morgan fingerprint density at radius 2 is 1.39 bits per heavy atom. The van der Waals surface area contributed by atoms with Gasteiger partial charge in [-0.2, -0.15) is 0 Å². The highest BCUT2D eigenvalue weighted by molar-refractivity contribution is 6.18. The van der Waals surface area contributed by atoms with Crippen LogP contribution in [0.3, 0.4) is 0 Å². The fourth-order valence-corrected chi connectivity index (χ4v) is 5.78. The number of nitrogens with zero attached hydrogens (tertiary/aromatic N) is 2. The maximum Gasteiger partial charge on any atom is 0.326 e. The van der Waals surface area contributed by atoms with E-state index in [0.29, 0.717) is 19.4 Å². The first-order valence-corrected chi connectivity index (χ1v) is 13.4. The van der Waals surface area contributed by atoms with Gasteiger partial charge in [0.1, 0.15) is 0 Å². The number of hydrogen-bond donors (Lipinski definition) is 0. The third-order valence-corrected chi connectivity index (χ3v) is 7.87. The van der Waals surface area contributed by atoms with Crippen molar-refractivity contribution in [3.8, 4) is 11.1 Å². The summed E-state index contributed by atoms with van der Waals surface area (Å²) in [5, 5.41) is 0. The van der Waals surface area contributed by atoms with E-state index in [2.05, 4.69) is 41.3 Å². The van der Waals surface area contributed by atoms with Crippen LogP contribution in [-0.2, 0) is 32.2 Å². The molecular weight excluding hydrogens is 476 g/mol. The number of rotatable bonds is 7. The van der Waals surface area contributed by atoms with Crippen molar-refractivity contribution >= 4 is 17.7 Å². The molecule has 0 N–H and O–H groups in total. The highest BCUT2D eigenvalue weighted by atomic mass is 16.5. The molecule has 38 heavy (non-hydrogen) atoms. The van der Waals surface area contributed by atoms with E-state index < -0.39 is 23.3 Å². The van der Waals surface area contributed by atoms with Crippen molar-refractivity contribution in [3.63, 3.8) is 0 Å². The molecule has 1 unspecified atom stereocenters. The molecule has 2 aliphatic heterocycles. The molecule has 0 saturated carbocycles. The number of likely N-dealkylation sites (tertiary alicyclic amines) is 2. The molecule has 5 rings (SSSR count). The topological polar surface area (TPSA) is 66.9 Å². The number of Topliss-reactive ketones (excluding diaryl/α,β-unsaturated/α-hetero) is 1. The molecule has 0 bridgehead atoms. The zero-order chi connectivity index (χ0) is 26.5. The Morgan fingerprint density at radius 1 is 0.816 bits per heavy atom. The zero-order valence-electron chi connectivity index (χ0n) is 21.8. The minimum Gasteiger partial charge on any atom is -0.465 e. The smallest absolute Gasteiger partial charge is 0.326 e. The molecule has 6 nitrogen and oxygen atoms in total. The summed E-state index contributed by atoms with van der Waals surface area (Å²) >= 11 is 0. The number of amides is 1. The van der Waals surface area contributed by atoms with Crippen LogP contribution < -0.4 is 0 Å². The average Bonchev–Trinajstić information content (AvgIpc) is 2.94. The summed E-state index contributed by atoms with van der Waals surface area (Å²) in [5.74, 6) is -2.85. The van der Waals surface area contributed by atoms with Crippen LogP contribution in [0.1, 0.15) is 37.3 Å². The Hall–Kier alpha value is -3.77. The summed E-state index contributed by atoms with van der Waals surface area (Å²) in [6.45, 7) is 4.58. The van der Waals surface area contributed by atoms with E-state index in [0.717, 1.165) is 36.3 Å². The maximum absolute atomic E-state index is 13.8. The van der Waals surface area contributed by atoms with Gasteiger partial charge < -0.3 is 9.64 Å². The normalized spacial score (nSPS) is 19.5. The van der Waals surface area contributed by atoms with E-state index in [1.807, 2.05) is 53.4 Å². The largest absolute Gasteiger partial charge is 0.465 e. The summed E-state index contributed by atoms with van der Waals surface area (Å²) in [4.78, 5) is 43.8. The second-order valence-corrected chi connectivity index (χ2v) is 10.3. The molecule has 1 spiro atoms. The Bertz CT molecular complexity index is 1270. The fourth-order valence-electron chi connectivity index (χ4n) is 5.78. The molecule has 3 aromatic rings. The van der Waals surface area contributed by atoms with Gasteiger partial charge in [0.2, 0.25) is 5.91 Å². The van der Waals surface area contributed by atoms with E-state index in [4.69, 9.17) is 4.74 Å². The van der Waals surface area contributed by atoms with Gasteiger partial charge in [-0.1, -0.05) is 84.9 Å². The monoisotopic (exact) mass is 510 g/mol. The second kappa shape index (κ2) is 11.3. The SMILES string of the molecule is CCOC(=O)C1C(=O)CC2(CCN(Cc3ccccc3)CC2)N(Cc2ccc(-c3ccccc3)cc2)C1=O. The standard InChI is InChI=1S/C32H34N2O4/c1-2-38-31(37)29-28(35)21-32(17-19-33(20-18-32)22-24-9-5-3-6-10-24)34(30(29)36)23-25-13-15-27(16-14-25)26-11-7-4-8-12-26/h3-16,29H,2,17-23H2,1H3. The molecule has 196 valence electrons. The van der Waals surface area contributed by atoms with Gasteiger partial charge in [0.05, 0.1) is 12.1 Å². The lowest BCUT2D eigenvalue weighted by molar-refractivity contribution is -0.169. The average molecular weight is 511 g/mol. The molecular formula is C32H34N2O4. The predicted octanol–water partition coefficient (Wildman–Crippen LogP) is 4.87. The second-order valence-electron chi connectivity index (χ2n) is 10.3. The van der Waals surface area contributed by atoms with Crippen LogP contribution in [0.5, 0.6) is 0 Å². The van der Waals surface area contributed by atoms with Crippen molar-refractivity contribution in [3.05, 3.63) is 96.1 Å². The van der Waals surface area contributed by atoms with Crippen LogP contribution in [0.4, 0.5) is 0 Å². The first-order valence-electron chi connectivity index (χ1n) is 13.4. The van der Waals surface area contributed by atoms with Gasteiger partial charge in [0, 0.05) is 32.6 Å². The van der Waals surface area contributed by atoms with Crippen molar-refractivity contribution in [1.82, 2.24) is 9.80 Å². The highest BCUT2D eigenvalue weighted by Gasteiger charge is 2.54. The zero-order valence-corrected chi connectivity index (χ0v) is 21.8. The van der Waals surface area contributed by atoms with E-state index in [1.165, 1.54) is 5.56 Å². The molecule has 1 atom stereocenters. The summed E-state index contributed by atoms with van der Waals surface area (Å²) in [7, 11) is 0. The number of ketones is 1. The molecule has 2 aliphatic rings. The lowest BCUT2D eigenvalue weighted by atomic mass is 9.74. The van der Waals surface area contributed by atoms with Gasteiger partial charge in [0.25, 0.3) is 0 Å². The van der Waals surface area contributed by atoms with Gasteiger partial charge in [-0.15, -0.1) is 0 Å². The van der Waals surface area contributed by atoms with E-state index in [-0.39, 0.29) is 18.8 Å². The van der Waals surface area contributed by atoms with Crippen LogP contribution in [0, 0.1) is 5.92 Å². The van der Waals surface area contributed by atoms with Crippen molar-refractivity contribution in [2.75, 3.05) is 19.7 Å². The van der Waals surface area contributed by atoms with Gasteiger partial charge in [-0.05, 0) is 42.0 Å². The molecule has 2 heterocycles. The van der Waals surface area contributed by atoms with Gasteiger partial charge in [-0.25, -0.2) is 0 Å². The highest BCUT2D eigenvalue weighted by Crippen LogP contribution is 2.40. The van der Waals surface area contributed by atoms with E-state index in [1.54, 1.807) is 6.92 Å². The van der Waals surface area contributed by atoms with Gasteiger partial charge in [0.15, 0.2) is 11.7 Å². The number of benzene rings is 3. The summed E-state index contributed by atoms with van der Waals surface area (Å²) < 4.78 is 5.13. The van der Waals surface area contributed by atoms with Crippen molar-refractivity contribution in [2.45, 2.75) is 44.8 Å². The van der Waals surface area contributed by atoms with Gasteiger partial charge in [-0.3, -0.25) is 19.3 Å². The molecule has 3 aromatic carbocycles. The molecule has 0 radical (unpaired) electrons. The number of hydrogen-bond acceptors (Lipinski definition) is 5. The fraction of sp³-hybridized carbons (Fsp3) is 0.344.